The van der Waals surface area contributed by atoms with Crippen molar-refractivity contribution in [2.45, 2.75) is 55.7 Å². The second-order valence-electron chi connectivity index (χ2n) is 5.18. The highest BCUT2D eigenvalue weighted by Gasteiger charge is 2.81. The minimum Gasteiger partial charge on any atom is -0.378 e. The van der Waals surface area contributed by atoms with E-state index in [1.165, 1.54) is 0 Å². The highest BCUT2D eigenvalue weighted by atomic mass is 19.4. The van der Waals surface area contributed by atoms with Crippen LogP contribution in [0.4, 0.5) is 39.5 Å². The Balaban J connectivity index is 2.56. The molecule has 1 saturated heterocycles. The lowest BCUT2D eigenvalue weighted by Crippen LogP contribution is -2.62. The molecule has 1 unspecified atom stereocenters. The summed E-state index contributed by atoms with van der Waals surface area (Å²) < 4.78 is 122. The first-order valence-corrected chi connectivity index (χ1v) is 6.72. The van der Waals surface area contributed by atoms with Gasteiger partial charge in [0.2, 0.25) is 0 Å². The van der Waals surface area contributed by atoms with Crippen LogP contribution in [0.3, 0.4) is 0 Å². The van der Waals surface area contributed by atoms with Gasteiger partial charge in [-0.25, -0.2) is 0 Å². The molecule has 0 aromatic heterocycles. The van der Waals surface area contributed by atoms with Crippen LogP contribution in [0, 0.1) is 0 Å². The van der Waals surface area contributed by atoms with Gasteiger partial charge >= 0.3 is 23.9 Å². The van der Waals surface area contributed by atoms with Gasteiger partial charge in [0.25, 0.3) is 0 Å². The van der Waals surface area contributed by atoms with Crippen LogP contribution in [0.1, 0.15) is 25.7 Å². The Bertz CT molecular complexity index is 375. The zero-order chi connectivity index (χ0) is 17.9. The van der Waals surface area contributed by atoms with Crippen LogP contribution < -0.4 is 0 Å². The molecule has 1 rings (SSSR count). The third-order valence-corrected chi connectivity index (χ3v) is 3.35. The second kappa shape index (κ2) is 7.04. The minimum absolute atomic E-state index is 0.0529. The quantitative estimate of drug-likeness (QED) is 0.493. The zero-order valence-electron chi connectivity index (χ0n) is 11.7. The van der Waals surface area contributed by atoms with Gasteiger partial charge in [-0.15, -0.1) is 0 Å². The summed E-state index contributed by atoms with van der Waals surface area (Å²) >= 11 is 0. The monoisotopic (exact) mass is 362 g/mol. The largest absolute Gasteiger partial charge is 0.460 e. The van der Waals surface area contributed by atoms with Crippen molar-refractivity contribution >= 4 is 0 Å². The van der Waals surface area contributed by atoms with Crippen LogP contribution in [0.2, 0.25) is 0 Å². The van der Waals surface area contributed by atoms with Gasteiger partial charge in [0.15, 0.2) is 0 Å². The first-order chi connectivity index (χ1) is 10.3. The molecule has 1 heterocycles. The number of ether oxygens (including phenoxy) is 2. The van der Waals surface area contributed by atoms with E-state index in [1.807, 2.05) is 0 Å². The van der Waals surface area contributed by atoms with E-state index < -0.39 is 37.2 Å². The molecule has 0 spiro atoms. The molecule has 0 aromatic rings. The average Bonchev–Trinajstić information content (AvgIpc) is 2.43. The highest BCUT2D eigenvalue weighted by Crippen LogP contribution is 2.53. The van der Waals surface area contributed by atoms with Crippen molar-refractivity contribution in [1.82, 2.24) is 0 Å². The predicted molar refractivity (Wildman–Crippen MR) is 59.9 cm³/mol. The molecule has 23 heavy (non-hydrogen) atoms. The van der Waals surface area contributed by atoms with Crippen LogP contribution in [0.25, 0.3) is 0 Å². The van der Waals surface area contributed by atoms with Crippen LogP contribution >= 0.6 is 0 Å². The molecule has 0 saturated carbocycles. The van der Waals surface area contributed by atoms with Crippen LogP contribution in [-0.4, -0.2) is 49.9 Å². The van der Waals surface area contributed by atoms with Gasteiger partial charge in [-0.2, -0.15) is 39.5 Å². The molecule has 138 valence electrons. The molecular weight excluding hydrogens is 347 g/mol. The Morgan fingerprint density at radius 2 is 1.48 bits per heavy atom. The fraction of sp³-hybridized carbons (Fsp3) is 1.00. The number of hydrogen-bond donors (Lipinski definition) is 0. The van der Waals surface area contributed by atoms with Crippen molar-refractivity contribution in [2.75, 3.05) is 19.8 Å². The van der Waals surface area contributed by atoms with Gasteiger partial charge in [-0.3, -0.25) is 0 Å². The first-order valence-electron chi connectivity index (χ1n) is 6.72. The summed E-state index contributed by atoms with van der Waals surface area (Å²) in [5.41, 5.74) is 0. The highest BCUT2D eigenvalue weighted by molar-refractivity contribution is 5.00. The van der Waals surface area contributed by atoms with E-state index in [2.05, 4.69) is 4.74 Å². The van der Waals surface area contributed by atoms with E-state index in [0.29, 0.717) is 13.0 Å². The summed E-state index contributed by atoms with van der Waals surface area (Å²) in [5.74, 6) is -19.2. The molecule has 0 amide bonds. The summed E-state index contributed by atoms with van der Waals surface area (Å²) in [6.45, 7) is -2.33. The van der Waals surface area contributed by atoms with Crippen molar-refractivity contribution < 1.29 is 49.0 Å². The van der Waals surface area contributed by atoms with E-state index in [4.69, 9.17) is 4.74 Å². The van der Waals surface area contributed by atoms with Crippen molar-refractivity contribution in [1.29, 1.82) is 0 Å². The zero-order valence-corrected chi connectivity index (χ0v) is 11.7. The lowest BCUT2D eigenvalue weighted by atomic mass is 10.0. The van der Waals surface area contributed by atoms with Crippen molar-refractivity contribution in [3.63, 3.8) is 0 Å². The van der Waals surface area contributed by atoms with Crippen molar-refractivity contribution in [3.8, 4) is 0 Å². The molecule has 1 atom stereocenters. The fourth-order valence-corrected chi connectivity index (χ4v) is 1.95. The molecule has 1 aliphatic heterocycles. The van der Waals surface area contributed by atoms with Crippen LogP contribution in [0.5, 0.6) is 0 Å². The van der Waals surface area contributed by atoms with E-state index in [-0.39, 0.29) is 12.5 Å². The number of hydrogen-bond acceptors (Lipinski definition) is 2. The molecule has 0 aliphatic carbocycles. The Labute approximate surface area is 125 Å². The molecule has 1 aliphatic rings. The standard InChI is InChI=1S/C12H15F9O2/c13-9(14,10(15,16)11(17,18)12(19,20)21)7-22-6-4-8-3-1-2-5-23-8/h8H,1-7H2. The van der Waals surface area contributed by atoms with E-state index in [1.54, 1.807) is 0 Å². The number of halogens is 9. The average molecular weight is 362 g/mol. The lowest BCUT2D eigenvalue weighted by molar-refractivity contribution is -0.399. The van der Waals surface area contributed by atoms with Gasteiger partial charge in [0.1, 0.15) is 6.61 Å². The summed E-state index contributed by atoms with van der Waals surface area (Å²) in [7, 11) is 0. The molecule has 11 heteroatoms. The third kappa shape index (κ3) is 4.43. The molecule has 0 radical (unpaired) electrons. The Kier molecular flexibility index (Phi) is 6.22. The van der Waals surface area contributed by atoms with E-state index >= 15 is 0 Å². The molecule has 0 N–H and O–H groups in total. The lowest BCUT2D eigenvalue weighted by Gasteiger charge is -2.33. The van der Waals surface area contributed by atoms with Crippen LogP contribution in [-0.2, 0) is 9.47 Å². The van der Waals surface area contributed by atoms with Gasteiger partial charge in [0, 0.05) is 13.2 Å². The maximum atomic E-state index is 13.1. The van der Waals surface area contributed by atoms with Crippen molar-refractivity contribution in [2.24, 2.45) is 0 Å². The SMILES string of the molecule is FC(F)(F)C(F)(F)C(F)(F)C(F)(F)COCCC1CCCCO1. The second-order valence-corrected chi connectivity index (χ2v) is 5.18. The Morgan fingerprint density at radius 1 is 0.870 bits per heavy atom. The fourth-order valence-electron chi connectivity index (χ4n) is 1.95. The van der Waals surface area contributed by atoms with Gasteiger partial charge in [-0.1, -0.05) is 0 Å². The third-order valence-electron chi connectivity index (χ3n) is 3.35. The topological polar surface area (TPSA) is 18.5 Å². The maximum absolute atomic E-state index is 13.1. The molecule has 0 bridgehead atoms. The van der Waals surface area contributed by atoms with E-state index in [9.17, 15) is 39.5 Å². The smallest absolute Gasteiger partial charge is 0.378 e. The van der Waals surface area contributed by atoms with Crippen molar-refractivity contribution in [3.05, 3.63) is 0 Å². The normalized spacial score (nSPS) is 21.5. The maximum Gasteiger partial charge on any atom is 0.460 e. The number of rotatable bonds is 7. The van der Waals surface area contributed by atoms with Gasteiger partial charge in [-0.05, 0) is 25.7 Å². The Morgan fingerprint density at radius 3 is 1.96 bits per heavy atom. The van der Waals surface area contributed by atoms with Gasteiger partial charge < -0.3 is 9.47 Å². The molecule has 1 fully saturated rings. The summed E-state index contributed by atoms with van der Waals surface area (Å²) in [4.78, 5) is 0. The molecule has 2 nitrogen and oxygen atoms in total. The van der Waals surface area contributed by atoms with E-state index in [0.717, 1.165) is 12.8 Å². The summed E-state index contributed by atoms with van der Waals surface area (Å²) in [5, 5.41) is 0. The minimum atomic E-state index is -6.88. The molecular formula is C12H15F9O2. The molecule has 0 aromatic carbocycles. The summed E-state index contributed by atoms with van der Waals surface area (Å²) in [6.07, 6.45) is -4.87. The van der Waals surface area contributed by atoms with Gasteiger partial charge in [0.05, 0.1) is 6.10 Å². The Hall–Kier alpha value is -0.710. The first kappa shape index (κ1) is 20.3. The summed E-state index contributed by atoms with van der Waals surface area (Å²) in [6, 6.07) is 0. The van der Waals surface area contributed by atoms with Crippen LogP contribution in [0.15, 0.2) is 0 Å². The number of alkyl halides is 9. The predicted octanol–water partition coefficient (Wildman–Crippen LogP) is 4.43.